The fourth-order valence-corrected chi connectivity index (χ4v) is 9.83. The molecule has 0 N–H and O–H groups in total. The van der Waals surface area contributed by atoms with E-state index in [4.69, 9.17) is 0 Å². The molecule has 2 aliphatic heterocycles. The van der Waals surface area contributed by atoms with E-state index in [0.717, 1.165) is 19.9 Å². The molecule has 114 valence electrons. The molecule has 0 nitrogen and oxygen atoms in total. The molecule has 0 radical (unpaired) electrons. The summed E-state index contributed by atoms with van der Waals surface area (Å²) in [4.78, 5) is 0. The smallest absolute Gasteiger partial charge is 0.0158 e. The van der Waals surface area contributed by atoms with Gasteiger partial charge in [0.2, 0.25) is 0 Å². The van der Waals surface area contributed by atoms with Crippen LogP contribution in [0.15, 0.2) is 48.5 Å². The van der Waals surface area contributed by atoms with Crippen molar-refractivity contribution in [3.8, 4) is 0 Å². The summed E-state index contributed by atoms with van der Waals surface area (Å²) in [5, 5.41) is 0.432. The predicted octanol–water partition coefficient (Wildman–Crippen LogP) is 6.46. The molecule has 22 heavy (non-hydrogen) atoms. The zero-order valence-corrected chi connectivity index (χ0v) is 15.5. The molecule has 0 aliphatic carbocycles. The minimum atomic E-state index is -0.00498. The molecule has 2 aliphatic rings. The molecule has 0 aromatic heterocycles. The van der Waals surface area contributed by atoms with Gasteiger partial charge in [-0.25, -0.2) is 0 Å². The molecule has 0 saturated carbocycles. The maximum absolute atomic E-state index is 2.46. The Kier molecular flexibility index (Phi) is 3.67. The molecule has 3 unspecified atom stereocenters. The summed E-state index contributed by atoms with van der Waals surface area (Å²) in [7, 11) is 1.06. The largest absolute Gasteiger partial charge is 0.109 e. The second-order valence-electron chi connectivity index (χ2n) is 7.50. The van der Waals surface area contributed by atoms with Crippen LogP contribution in [0.25, 0.3) is 0 Å². The van der Waals surface area contributed by atoms with E-state index in [1.165, 1.54) is 12.3 Å². The van der Waals surface area contributed by atoms with E-state index in [2.05, 4.69) is 69.3 Å². The molecule has 2 heteroatoms. The molecular weight excluding hydrogens is 302 g/mol. The van der Waals surface area contributed by atoms with Crippen LogP contribution in [0.2, 0.25) is 0 Å². The summed E-state index contributed by atoms with van der Waals surface area (Å²) in [6.07, 6.45) is 2.62. The van der Waals surface area contributed by atoms with E-state index in [0.29, 0.717) is 5.16 Å². The summed E-state index contributed by atoms with van der Waals surface area (Å²) in [5.41, 5.74) is 8.09. The first-order valence-corrected chi connectivity index (χ1v) is 11.1. The highest BCUT2D eigenvalue weighted by Crippen LogP contribution is 2.74. The first-order valence-electron chi connectivity index (χ1n) is 8.21. The summed E-state index contributed by atoms with van der Waals surface area (Å²) < 4.78 is 0. The number of hydrogen-bond donors (Lipinski definition) is 0. The minimum absolute atomic E-state index is 0.00498. The molecule has 2 aromatic rings. The monoisotopic (exact) mass is 326 g/mol. The van der Waals surface area contributed by atoms with Gasteiger partial charge in [-0.2, -0.15) is 0 Å². The molecule has 0 amide bonds. The van der Waals surface area contributed by atoms with E-state index >= 15 is 0 Å². The van der Waals surface area contributed by atoms with Crippen LogP contribution in [0.4, 0.5) is 0 Å². The van der Waals surface area contributed by atoms with Crippen molar-refractivity contribution >= 4 is 16.5 Å². The lowest BCUT2D eigenvalue weighted by Gasteiger charge is -2.36. The van der Waals surface area contributed by atoms with Crippen LogP contribution >= 0.6 is 16.5 Å². The predicted molar refractivity (Wildman–Crippen MR) is 101 cm³/mol. The van der Waals surface area contributed by atoms with Gasteiger partial charge < -0.3 is 0 Å². The Morgan fingerprint density at radius 2 is 1.55 bits per heavy atom. The molecule has 4 rings (SSSR count). The van der Waals surface area contributed by atoms with E-state index in [9.17, 15) is 0 Å². The van der Waals surface area contributed by atoms with Gasteiger partial charge in [-0.05, 0) is 39.7 Å². The summed E-state index contributed by atoms with van der Waals surface area (Å²) in [6.45, 7) is 7.38. The van der Waals surface area contributed by atoms with Crippen molar-refractivity contribution in [3.05, 3.63) is 70.8 Å². The number of hydrogen-bond acceptors (Lipinski definition) is 0. The number of rotatable bonds is 1. The molecule has 2 heterocycles. The maximum Gasteiger partial charge on any atom is 0.0158 e. The van der Waals surface area contributed by atoms with E-state index < -0.39 is 0 Å². The number of benzene rings is 2. The Hall–Kier alpha value is -0.700. The SMILES string of the molecule is CC(C)(C)P1Cc2ccccc2[C@H]1C1PCc2ccccc21. The third-order valence-electron chi connectivity index (χ3n) is 5.13. The molecule has 2 aromatic carbocycles. The van der Waals surface area contributed by atoms with Crippen LogP contribution in [-0.4, -0.2) is 5.16 Å². The molecule has 0 saturated heterocycles. The highest BCUT2D eigenvalue weighted by molar-refractivity contribution is 7.60. The van der Waals surface area contributed by atoms with Crippen LogP contribution in [0.5, 0.6) is 0 Å². The lowest BCUT2D eigenvalue weighted by molar-refractivity contribution is 0.758. The van der Waals surface area contributed by atoms with Crippen molar-refractivity contribution in [2.24, 2.45) is 0 Å². The first-order chi connectivity index (χ1) is 10.6. The molecule has 0 fully saturated rings. The van der Waals surface area contributed by atoms with Crippen LogP contribution in [-0.2, 0) is 12.3 Å². The summed E-state index contributed by atoms with van der Waals surface area (Å²) in [5.74, 6) is 0. The van der Waals surface area contributed by atoms with E-state index in [-0.39, 0.29) is 7.92 Å². The van der Waals surface area contributed by atoms with Crippen LogP contribution in [0.1, 0.15) is 54.3 Å². The van der Waals surface area contributed by atoms with Crippen LogP contribution in [0.3, 0.4) is 0 Å². The van der Waals surface area contributed by atoms with Crippen LogP contribution < -0.4 is 0 Å². The Labute approximate surface area is 137 Å². The average Bonchev–Trinajstić information content (AvgIpc) is 3.07. The van der Waals surface area contributed by atoms with Gasteiger partial charge in [-0.3, -0.25) is 0 Å². The quantitative estimate of drug-likeness (QED) is 0.528. The minimum Gasteiger partial charge on any atom is -0.109 e. The maximum atomic E-state index is 2.46. The standard InChI is InChI=1S/C20H24P2/c1-20(2,3)22-13-15-9-5-7-11-17(15)19(22)18-16-10-6-4-8-14(16)12-21-18/h4-11,18-19,21H,12-13H2,1-3H3/t18?,19-,22?/m0/s1. The van der Waals surface area contributed by atoms with Crippen molar-refractivity contribution in [1.29, 1.82) is 0 Å². The number of fused-ring (bicyclic) bond motifs is 2. The Morgan fingerprint density at radius 3 is 2.27 bits per heavy atom. The van der Waals surface area contributed by atoms with Gasteiger partial charge in [0.25, 0.3) is 0 Å². The second kappa shape index (κ2) is 5.43. The zero-order chi connectivity index (χ0) is 15.3. The lowest BCUT2D eigenvalue weighted by atomic mass is 9.98. The molecule has 0 bridgehead atoms. The zero-order valence-electron chi connectivity index (χ0n) is 13.6. The van der Waals surface area contributed by atoms with Gasteiger partial charge in [0.15, 0.2) is 0 Å². The van der Waals surface area contributed by atoms with Crippen molar-refractivity contribution in [2.75, 3.05) is 0 Å². The van der Waals surface area contributed by atoms with Gasteiger partial charge in [-0.15, -0.1) is 8.58 Å². The summed E-state index contributed by atoms with van der Waals surface area (Å²) in [6, 6.07) is 18.5. The molecule has 4 atom stereocenters. The Morgan fingerprint density at radius 1 is 0.909 bits per heavy atom. The van der Waals surface area contributed by atoms with Crippen molar-refractivity contribution in [2.45, 2.75) is 49.6 Å². The average molecular weight is 326 g/mol. The topological polar surface area (TPSA) is 0 Å². The third kappa shape index (κ3) is 2.36. The van der Waals surface area contributed by atoms with Crippen LogP contribution in [0, 0.1) is 0 Å². The fourth-order valence-electron chi connectivity index (χ4n) is 4.04. The van der Waals surface area contributed by atoms with Gasteiger partial charge in [0.05, 0.1) is 0 Å². The second-order valence-corrected chi connectivity index (χ2v) is 12.0. The summed E-state index contributed by atoms with van der Waals surface area (Å²) >= 11 is 0. The van der Waals surface area contributed by atoms with Gasteiger partial charge in [0, 0.05) is 11.3 Å². The normalized spacial score (nSPS) is 27.9. The molecular formula is C20H24P2. The van der Waals surface area contributed by atoms with Gasteiger partial charge in [-0.1, -0.05) is 77.2 Å². The lowest BCUT2D eigenvalue weighted by Crippen LogP contribution is -2.16. The van der Waals surface area contributed by atoms with Gasteiger partial charge >= 0.3 is 0 Å². The third-order valence-corrected chi connectivity index (χ3v) is 10.7. The van der Waals surface area contributed by atoms with Gasteiger partial charge in [0.1, 0.15) is 0 Å². The fraction of sp³-hybridized carbons (Fsp3) is 0.400. The van der Waals surface area contributed by atoms with Crippen molar-refractivity contribution in [3.63, 3.8) is 0 Å². The van der Waals surface area contributed by atoms with Crippen molar-refractivity contribution < 1.29 is 0 Å². The van der Waals surface area contributed by atoms with E-state index in [1.54, 1.807) is 22.3 Å². The van der Waals surface area contributed by atoms with E-state index in [1.807, 2.05) is 0 Å². The Balaban J connectivity index is 1.81. The molecule has 0 spiro atoms. The van der Waals surface area contributed by atoms with Crippen molar-refractivity contribution in [1.82, 2.24) is 0 Å². The highest BCUT2D eigenvalue weighted by atomic mass is 31.1. The highest BCUT2D eigenvalue weighted by Gasteiger charge is 2.44. The Bertz CT molecular complexity index is 699. The first kappa shape index (κ1) is 14.9.